The molecule has 0 amide bonds. The van der Waals surface area contributed by atoms with Crippen molar-refractivity contribution in [2.45, 2.75) is 0 Å². The van der Waals surface area contributed by atoms with Gasteiger partial charge in [0.1, 0.15) is 6.61 Å². The fourth-order valence-corrected chi connectivity index (χ4v) is 1.03. The maximum Gasteiger partial charge on any atom is 0.215 e. The molecule has 0 aliphatic heterocycles. The number of rotatable bonds is 5. The van der Waals surface area contributed by atoms with E-state index in [0.717, 1.165) is 12.2 Å². The molecule has 0 aliphatic rings. The number of nitrogens with zero attached hydrogens (tertiary/aromatic N) is 2. The molecule has 5 heteroatoms. The van der Waals surface area contributed by atoms with E-state index in [9.17, 15) is 0 Å². The van der Waals surface area contributed by atoms with E-state index < -0.39 is 0 Å². The van der Waals surface area contributed by atoms with Gasteiger partial charge in [-0.2, -0.15) is 0 Å². The minimum atomic E-state index is 0.617. The Hall–Kier alpha value is -0.940. The van der Waals surface area contributed by atoms with Crippen LogP contribution in [-0.2, 0) is 0 Å². The normalized spacial score (nSPS) is 10.3. The summed E-state index contributed by atoms with van der Waals surface area (Å²) in [5.41, 5.74) is 0.878. The topological polar surface area (TPSA) is 37.4 Å². The molecule has 78 valence electrons. The van der Waals surface area contributed by atoms with Gasteiger partial charge in [0.25, 0.3) is 0 Å². The summed E-state index contributed by atoms with van der Waals surface area (Å²) >= 11 is 3.94. The molecule has 14 heavy (non-hydrogen) atoms. The summed E-state index contributed by atoms with van der Waals surface area (Å²) in [7, 11) is 4.00. The summed E-state index contributed by atoms with van der Waals surface area (Å²) in [6.45, 7) is 1.51. The van der Waals surface area contributed by atoms with Crippen LogP contribution in [0.25, 0.3) is 0 Å². The van der Waals surface area contributed by atoms with Crippen LogP contribution in [-0.4, -0.2) is 37.1 Å². The van der Waals surface area contributed by atoms with Crippen molar-refractivity contribution in [3.63, 3.8) is 0 Å². The summed E-state index contributed by atoms with van der Waals surface area (Å²) < 4.78 is 8.16. The second-order valence-electron chi connectivity index (χ2n) is 3.15. The summed E-state index contributed by atoms with van der Waals surface area (Å²) in [5, 5.41) is 0. The first-order valence-corrected chi connectivity index (χ1v) is 4.81. The minimum absolute atomic E-state index is 0.617. The molecule has 0 bridgehead atoms. The van der Waals surface area contributed by atoms with Crippen LogP contribution in [0.1, 0.15) is 0 Å². The third kappa shape index (κ3) is 3.85. The zero-order valence-electron chi connectivity index (χ0n) is 8.40. The van der Waals surface area contributed by atoms with Crippen LogP contribution in [0.15, 0.2) is 18.3 Å². The first-order chi connectivity index (χ1) is 6.72. The zero-order valence-corrected chi connectivity index (χ0v) is 9.29. The average Bonchev–Trinajstić information content (AvgIpc) is 2.18. The number of ether oxygens (including phenoxy) is 1. The van der Waals surface area contributed by atoms with Crippen molar-refractivity contribution in [2.75, 3.05) is 32.0 Å². The Morgan fingerprint density at radius 1 is 1.57 bits per heavy atom. The fraction of sp³-hybridized carbons (Fsp3) is 0.444. The molecule has 4 nitrogen and oxygen atoms in total. The fourth-order valence-electron chi connectivity index (χ4n) is 0.891. The number of hydrogen-bond donors (Lipinski definition) is 2. The van der Waals surface area contributed by atoms with E-state index in [0.29, 0.717) is 12.5 Å². The highest BCUT2D eigenvalue weighted by Crippen LogP contribution is 2.13. The van der Waals surface area contributed by atoms with Gasteiger partial charge in [-0.05, 0) is 20.2 Å². The van der Waals surface area contributed by atoms with Gasteiger partial charge >= 0.3 is 0 Å². The molecular weight excluding hydrogens is 198 g/mol. The van der Waals surface area contributed by atoms with Gasteiger partial charge in [0.15, 0.2) is 0 Å². The molecule has 1 heterocycles. The van der Waals surface area contributed by atoms with Crippen molar-refractivity contribution in [1.29, 1.82) is 0 Å². The number of nitrogens with one attached hydrogen (secondary N) is 1. The van der Waals surface area contributed by atoms with Crippen LogP contribution in [0, 0.1) is 0 Å². The summed E-state index contributed by atoms with van der Waals surface area (Å²) in [4.78, 5) is 6.13. The lowest BCUT2D eigenvalue weighted by Gasteiger charge is -2.10. The summed E-state index contributed by atoms with van der Waals surface area (Å²) in [5.74, 6) is 0.617. The maximum absolute atomic E-state index is 5.43. The highest BCUT2D eigenvalue weighted by molar-refractivity contribution is 7.81. The molecule has 0 aromatic carbocycles. The van der Waals surface area contributed by atoms with Gasteiger partial charge < -0.3 is 14.4 Å². The molecule has 0 atom stereocenters. The Morgan fingerprint density at radius 3 is 3.00 bits per heavy atom. The van der Waals surface area contributed by atoms with Gasteiger partial charge in [0.05, 0.1) is 5.69 Å². The number of pyridine rings is 1. The van der Waals surface area contributed by atoms with Gasteiger partial charge in [0.2, 0.25) is 5.88 Å². The Kier molecular flexibility index (Phi) is 4.55. The van der Waals surface area contributed by atoms with Crippen LogP contribution < -0.4 is 9.46 Å². The predicted octanol–water partition coefficient (Wildman–Crippen LogP) is 1.28. The lowest BCUT2D eigenvalue weighted by atomic mass is 10.4. The Morgan fingerprint density at radius 2 is 2.36 bits per heavy atom. The second-order valence-corrected chi connectivity index (χ2v) is 3.37. The second kappa shape index (κ2) is 5.72. The van der Waals surface area contributed by atoms with E-state index in [-0.39, 0.29) is 0 Å². The molecule has 1 aromatic heterocycles. The monoisotopic (exact) mass is 213 g/mol. The Bertz CT molecular complexity index is 281. The molecule has 1 rings (SSSR count). The molecule has 0 saturated heterocycles. The quantitative estimate of drug-likeness (QED) is 0.723. The van der Waals surface area contributed by atoms with Crippen LogP contribution in [0.4, 0.5) is 5.69 Å². The summed E-state index contributed by atoms with van der Waals surface area (Å²) in [6.07, 6.45) is 1.68. The number of likely N-dealkylation sites (N-methyl/N-ethyl adjacent to an activating group) is 1. The molecule has 0 fully saturated rings. The lowest BCUT2D eigenvalue weighted by molar-refractivity contribution is 0.254. The number of anilines is 1. The van der Waals surface area contributed by atoms with Crippen LogP contribution in [0.5, 0.6) is 5.88 Å². The van der Waals surface area contributed by atoms with Gasteiger partial charge in [0, 0.05) is 18.8 Å². The van der Waals surface area contributed by atoms with Crippen molar-refractivity contribution in [1.82, 2.24) is 9.88 Å². The van der Waals surface area contributed by atoms with E-state index in [4.69, 9.17) is 4.74 Å². The average molecular weight is 213 g/mol. The molecule has 0 aliphatic carbocycles. The number of thiol groups is 1. The van der Waals surface area contributed by atoms with E-state index in [1.807, 2.05) is 26.2 Å². The largest absolute Gasteiger partial charge is 0.476 e. The van der Waals surface area contributed by atoms with Crippen molar-refractivity contribution in [3.8, 4) is 5.88 Å². The van der Waals surface area contributed by atoms with Gasteiger partial charge in [-0.15, -0.1) is 0 Å². The van der Waals surface area contributed by atoms with Crippen LogP contribution in [0.3, 0.4) is 0 Å². The number of aromatic nitrogens is 1. The standard InChI is InChI=1S/C9H15N3OS/c1-12(2)5-6-13-9-7-8(11-14)3-4-10-9/h3-4,7,14H,5-6H2,1-2H3,(H,10,11). The number of hydrogen-bond acceptors (Lipinski definition) is 5. The maximum atomic E-state index is 5.43. The van der Waals surface area contributed by atoms with E-state index in [1.54, 1.807) is 6.20 Å². The molecule has 0 radical (unpaired) electrons. The van der Waals surface area contributed by atoms with E-state index in [1.165, 1.54) is 0 Å². The molecule has 0 spiro atoms. The molecule has 0 saturated carbocycles. The van der Waals surface area contributed by atoms with Crippen molar-refractivity contribution < 1.29 is 4.74 Å². The smallest absolute Gasteiger partial charge is 0.215 e. The molecule has 1 aromatic rings. The SMILES string of the molecule is CN(C)CCOc1cc(NS)ccn1. The van der Waals surface area contributed by atoms with E-state index >= 15 is 0 Å². The molecule has 0 unspecified atom stereocenters. The van der Waals surface area contributed by atoms with Crippen molar-refractivity contribution in [3.05, 3.63) is 18.3 Å². The zero-order chi connectivity index (χ0) is 10.4. The highest BCUT2D eigenvalue weighted by Gasteiger charge is 1.97. The molecular formula is C9H15N3OS. The first-order valence-electron chi connectivity index (χ1n) is 4.36. The highest BCUT2D eigenvalue weighted by atomic mass is 32.1. The van der Waals surface area contributed by atoms with Gasteiger partial charge in [-0.25, -0.2) is 4.98 Å². The Labute approximate surface area is 89.8 Å². The van der Waals surface area contributed by atoms with Crippen LogP contribution >= 0.6 is 12.8 Å². The van der Waals surface area contributed by atoms with Crippen molar-refractivity contribution >= 4 is 18.5 Å². The third-order valence-electron chi connectivity index (χ3n) is 1.65. The lowest BCUT2D eigenvalue weighted by Crippen LogP contribution is -2.19. The third-order valence-corrected chi connectivity index (χ3v) is 1.91. The van der Waals surface area contributed by atoms with Crippen LogP contribution in [0.2, 0.25) is 0 Å². The predicted molar refractivity (Wildman–Crippen MR) is 60.9 cm³/mol. The summed E-state index contributed by atoms with van der Waals surface area (Å²) in [6, 6.07) is 3.63. The molecule has 1 N–H and O–H groups in total. The minimum Gasteiger partial charge on any atom is -0.476 e. The Balaban J connectivity index is 2.42. The van der Waals surface area contributed by atoms with Gasteiger partial charge in [-0.1, -0.05) is 12.8 Å². The van der Waals surface area contributed by atoms with E-state index in [2.05, 4.69) is 27.4 Å². The van der Waals surface area contributed by atoms with Crippen molar-refractivity contribution in [2.24, 2.45) is 0 Å². The first kappa shape index (κ1) is 11.1. The van der Waals surface area contributed by atoms with Gasteiger partial charge in [-0.3, -0.25) is 0 Å².